The molecule has 0 fully saturated rings. The van der Waals surface area contributed by atoms with Gasteiger partial charge in [0.05, 0.1) is 17.7 Å². The van der Waals surface area contributed by atoms with Gasteiger partial charge in [0.25, 0.3) is 5.91 Å². The Bertz CT molecular complexity index is 903. The second-order valence-electron chi connectivity index (χ2n) is 5.36. The molecule has 126 valence electrons. The number of hydrogen-bond acceptors (Lipinski definition) is 5. The lowest BCUT2D eigenvalue weighted by molar-refractivity contribution is -0.120. The standard InChI is InChI=1S/C17H13N3O5/c21-11-4-1-9(2-5-11)7-14(22)19-20-15-12-8-10(17(24)25)3-6-13(12)18-16(15)23/h1-6,8,21H,7H2,(H,19,22)(H,24,25)(H,18,20,23). The molecule has 0 saturated heterocycles. The van der Waals surface area contributed by atoms with E-state index < -0.39 is 17.8 Å². The van der Waals surface area contributed by atoms with Gasteiger partial charge in [-0.1, -0.05) is 12.1 Å². The second-order valence-corrected chi connectivity index (χ2v) is 5.36. The van der Waals surface area contributed by atoms with E-state index >= 15 is 0 Å². The molecule has 0 radical (unpaired) electrons. The molecule has 1 aliphatic heterocycles. The van der Waals surface area contributed by atoms with Crippen molar-refractivity contribution in [1.82, 2.24) is 5.43 Å². The lowest BCUT2D eigenvalue weighted by Gasteiger charge is -2.03. The zero-order valence-corrected chi connectivity index (χ0v) is 12.8. The number of anilines is 1. The monoisotopic (exact) mass is 339 g/mol. The van der Waals surface area contributed by atoms with Crippen LogP contribution in [0.15, 0.2) is 47.6 Å². The number of rotatable bonds is 4. The first kappa shape index (κ1) is 16.2. The number of aromatic carboxylic acids is 1. The van der Waals surface area contributed by atoms with Crippen molar-refractivity contribution in [3.8, 4) is 5.75 Å². The van der Waals surface area contributed by atoms with Gasteiger partial charge in [0.2, 0.25) is 5.91 Å². The number of nitrogens with zero attached hydrogens (tertiary/aromatic N) is 1. The van der Waals surface area contributed by atoms with Gasteiger partial charge in [0, 0.05) is 5.56 Å². The van der Waals surface area contributed by atoms with Gasteiger partial charge >= 0.3 is 5.97 Å². The summed E-state index contributed by atoms with van der Waals surface area (Å²) in [7, 11) is 0. The molecule has 2 aromatic rings. The number of amides is 2. The molecule has 0 unspecified atom stereocenters. The molecule has 8 heteroatoms. The van der Waals surface area contributed by atoms with Crippen LogP contribution in [-0.2, 0) is 16.0 Å². The summed E-state index contributed by atoms with van der Waals surface area (Å²) in [6.45, 7) is 0. The summed E-state index contributed by atoms with van der Waals surface area (Å²) >= 11 is 0. The first-order valence-electron chi connectivity index (χ1n) is 7.27. The van der Waals surface area contributed by atoms with Gasteiger partial charge in [-0.25, -0.2) is 10.2 Å². The molecular weight excluding hydrogens is 326 g/mol. The van der Waals surface area contributed by atoms with E-state index in [0.29, 0.717) is 16.8 Å². The molecule has 2 aromatic carbocycles. The first-order chi connectivity index (χ1) is 11.9. The van der Waals surface area contributed by atoms with Crippen LogP contribution in [0.4, 0.5) is 5.69 Å². The fraction of sp³-hybridized carbons (Fsp3) is 0.0588. The minimum absolute atomic E-state index is 0.0124. The molecule has 0 saturated carbocycles. The van der Waals surface area contributed by atoms with Crippen molar-refractivity contribution in [2.45, 2.75) is 6.42 Å². The summed E-state index contributed by atoms with van der Waals surface area (Å²) in [6.07, 6.45) is 0.0146. The van der Waals surface area contributed by atoms with Crippen LogP contribution in [0.3, 0.4) is 0 Å². The number of hydrazone groups is 1. The predicted octanol–water partition coefficient (Wildman–Crippen LogP) is 1.11. The van der Waals surface area contributed by atoms with E-state index in [0.717, 1.165) is 0 Å². The molecule has 1 heterocycles. The Balaban J connectivity index is 1.76. The Labute approximate surface area is 141 Å². The number of carboxylic acids is 1. The average molecular weight is 339 g/mol. The van der Waals surface area contributed by atoms with Crippen LogP contribution in [0.25, 0.3) is 0 Å². The zero-order chi connectivity index (χ0) is 18.0. The minimum Gasteiger partial charge on any atom is -0.508 e. The number of phenols is 1. The third-order valence-electron chi connectivity index (χ3n) is 3.58. The van der Waals surface area contributed by atoms with Crippen molar-refractivity contribution in [3.05, 3.63) is 59.2 Å². The van der Waals surface area contributed by atoms with Crippen LogP contribution in [-0.4, -0.2) is 33.7 Å². The van der Waals surface area contributed by atoms with Gasteiger partial charge in [0.1, 0.15) is 5.75 Å². The number of nitrogens with one attached hydrogen (secondary N) is 2. The highest BCUT2D eigenvalue weighted by molar-refractivity contribution is 6.53. The molecular formula is C17H13N3O5. The third kappa shape index (κ3) is 3.47. The fourth-order valence-corrected chi connectivity index (χ4v) is 2.35. The van der Waals surface area contributed by atoms with Crippen molar-refractivity contribution in [1.29, 1.82) is 0 Å². The Kier molecular flexibility index (Phi) is 4.17. The maximum Gasteiger partial charge on any atom is 0.335 e. The number of carbonyl (C=O) groups is 3. The third-order valence-corrected chi connectivity index (χ3v) is 3.58. The van der Waals surface area contributed by atoms with E-state index in [1.54, 1.807) is 12.1 Å². The summed E-state index contributed by atoms with van der Waals surface area (Å²) in [6, 6.07) is 10.3. The largest absolute Gasteiger partial charge is 0.508 e. The molecule has 1 aliphatic rings. The Morgan fingerprint density at radius 1 is 1.12 bits per heavy atom. The van der Waals surface area contributed by atoms with Crippen LogP contribution in [0.2, 0.25) is 0 Å². The van der Waals surface area contributed by atoms with Gasteiger partial charge in [0.15, 0.2) is 5.71 Å². The summed E-state index contributed by atoms with van der Waals surface area (Å²) in [4.78, 5) is 34.9. The van der Waals surface area contributed by atoms with Crippen LogP contribution < -0.4 is 10.7 Å². The van der Waals surface area contributed by atoms with Crippen molar-refractivity contribution >= 4 is 29.2 Å². The van der Waals surface area contributed by atoms with Crippen molar-refractivity contribution in [3.63, 3.8) is 0 Å². The molecule has 0 atom stereocenters. The van der Waals surface area contributed by atoms with Gasteiger partial charge in [-0.05, 0) is 35.9 Å². The Morgan fingerprint density at radius 2 is 1.84 bits per heavy atom. The number of phenolic OH excluding ortho intramolecular Hbond substituents is 1. The molecule has 0 bridgehead atoms. The second kappa shape index (κ2) is 6.44. The summed E-state index contributed by atoms with van der Waals surface area (Å²) < 4.78 is 0. The molecule has 0 aromatic heterocycles. The number of fused-ring (bicyclic) bond motifs is 1. The lowest BCUT2D eigenvalue weighted by atomic mass is 10.1. The quantitative estimate of drug-likeness (QED) is 0.620. The van der Waals surface area contributed by atoms with Gasteiger partial charge in [-0.15, -0.1) is 0 Å². The molecule has 8 nitrogen and oxygen atoms in total. The molecule has 4 N–H and O–H groups in total. The Morgan fingerprint density at radius 3 is 2.52 bits per heavy atom. The number of carboxylic acid groups (broad SMARTS) is 1. The Hall–Kier alpha value is -3.68. The van der Waals surface area contributed by atoms with Crippen LogP contribution in [0.5, 0.6) is 5.75 Å². The normalized spacial score (nSPS) is 14.1. The highest BCUT2D eigenvalue weighted by Crippen LogP contribution is 2.24. The van der Waals surface area contributed by atoms with E-state index in [4.69, 9.17) is 5.11 Å². The van der Waals surface area contributed by atoms with E-state index in [-0.39, 0.29) is 23.4 Å². The van der Waals surface area contributed by atoms with E-state index in [1.807, 2.05) is 0 Å². The SMILES string of the molecule is O=C(Cc1ccc(O)cc1)N/N=C1\C(=O)Nc2ccc(C(=O)O)cc21. The smallest absolute Gasteiger partial charge is 0.335 e. The maximum atomic E-state index is 12.0. The molecule has 25 heavy (non-hydrogen) atoms. The van der Waals surface area contributed by atoms with Gasteiger partial charge in [-0.3, -0.25) is 9.59 Å². The van der Waals surface area contributed by atoms with E-state index in [1.165, 1.54) is 30.3 Å². The minimum atomic E-state index is -1.13. The fourth-order valence-electron chi connectivity index (χ4n) is 2.35. The number of hydrogen-bond donors (Lipinski definition) is 4. The predicted molar refractivity (Wildman–Crippen MR) is 88.5 cm³/mol. The van der Waals surface area contributed by atoms with Gasteiger partial charge < -0.3 is 15.5 Å². The van der Waals surface area contributed by atoms with Crippen molar-refractivity contribution in [2.75, 3.05) is 5.32 Å². The topological polar surface area (TPSA) is 128 Å². The zero-order valence-electron chi connectivity index (χ0n) is 12.8. The average Bonchev–Trinajstić information content (AvgIpc) is 2.89. The van der Waals surface area contributed by atoms with Crippen molar-refractivity contribution in [2.24, 2.45) is 5.10 Å². The molecule has 3 rings (SSSR count). The van der Waals surface area contributed by atoms with Crippen molar-refractivity contribution < 1.29 is 24.6 Å². The number of aromatic hydroxyl groups is 1. The molecule has 0 aliphatic carbocycles. The van der Waals surface area contributed by atoms with E-state index in [9.17, 15) is 19.5 Å². The number of carbonyl (C=O) groups excluding carboxylic acids is 2. The summed E-state index contributed by atoms with van der Waals surface area (Å²) in [5.74, 6) is -2.01. The first-order valence-corrected chi connectivity index (χ1v) is 7.27. The highest BCUT2D eigenvalue weighted by Gasteiger charge is 2.27. The summed E-state index contributed by atoms with van der Waals surface area (Å²) in [5, 5.41) is 24.6. The van der Waals surface area contributed by atoms with Gasteiger partial charge in [-0.2, -0.15) is 5.10 Å². The van der Waals surface area contributed by atoms with Crippen LogP contribution in [0, 0.1) is 0 Å². The lowest BCUT2D eigenvalue weighted by Crippen LogP contribution is -2.24. The number of benzene rings is 2. The maximum absolute atomic E-state index is 12.0. The van der Waals surface area contributed by atoms with Crippen LogP contribution >= 0.6 is 0 Å². The summed E-state index contributed by atoms with van der Waals surface area (Å²) in [5.41, 5.74) is 3.65. The highest BCUT2D eigenvalue weighted by atomic mass is 16.4. The van der Waals surface area contributed by atoms with Crippen LogP contribution in [0.1, 0.15) is 21.5 Å². The van der Waals surface area contributed by atoms with E-state index in [2.05, 4.69) is 15.8 Å². The molecule has 2 amide bonds. The molecule has 0 spiro atoms.